The Balaban J connectivity index is 2.22. The van der Waals surface area contributed by atoms with E-state index in [1.165, 1.54) is 0 Å². The Bertz CT molecular complexity index is 599. The van der Waals surface area contributed by atoms with Gasteiger partial charge in [0.2, 0.25) is 0 Å². The minimum atomic E-state index is 0.492. The van der Waals surface area contributed by atoms with Crippen LogP contribution in [0.2, 0.25) is 0 Å². The molecule has 1 aromatic heterocycles. The summed E-state index contributed by atoms with van der Waals surface area (Å²) in [6, 6.07) is 8.15. The molecule has 0 aliphatic carbocycles. The number of nitrogens with one attached hydrogen (secondary N) is 1. The van der Waals surface area contributed by atoms with Crippen molar-refractivity contribution in [3.63, 3.8) is 0 Å². The number of nitrogens with zero attached hydrogens (tertiary/aromatic N) is 1. The highest BCUT2D eigenvalue weighted by Gasteiger charge is 2.10. The minimum absolute atomic E-state index is 0.492. The van der Waals surface area contributed by atoms with Crippen LogP contribution in [0.4, 0.5) is 0 Å². The third-order valence-corrected chi connectivity index (χ3v) is 3.61. The molecular weight excluding hydrogens is 316 g/mol. The highest BCUT2D eigenvalue weighted by atomic mass is 79.9. The normalized spacial score (nSPS) is 10.6. The zero-order chi connectivity index (χ0) is 14.5. The van der Waals surface area contributed by atoms with Crippen LogP contribution in [-0.2, 0) is 13.2 Å². The van der Waals surface area contributed by atoms with Gasteiger partial charge in [0, 0.05) is 22.8 Å². The largest absolute Gasteiger partial charge is 0.487 e. The van der Waals surface area contributed by atoms with Gasteiger partial charge in [-0.15, -0.1) is 0 Å². The van der Waals surface area contributed by atoms with Crippen molar-refractivity contribution in [2.75, 3.05) is 7.05 Å². The molecule has 0 fully saturated rings. The molecule has 106 valence electrons. The monoisotopic (exact) mass is 334 g/mol. The molecule has 2 rings (SSSR count). The maximum atomic E-state index is 6.02. The molecule has 0 amide bonds. The maximum Gasteiger partial charge on any atom is 0.130 e. The Morgan fingerprint density at radius 1 is 1.25 bits per heavy atom. The molecule has 0 aliphatic rings. The number of hydrogen-bond acceptors (Lipinski definition) is 3. The fourth-order valence-electron chi connectivity index (χ4n) is 2.14. The minimum Gasteiger partial charge on any atom is -0.487 e. The summed E-state index contributed by atoms with van der Waals surface area (Å²) in [7, 11) is 1.93. The molecule has 1 heterocycles. The number of halogens is 1. The zero-order valence-electron chi connectivity index (χ0n) is 12.0. The van der Waals surface area contributed by atoms with Crippen molar-refractivity contribution in [2.24, 2.45) is 0 Å². The van der Waals surface area contributed by atoms with E-state index in [2.05, 4.69) is 58.3 Å². The second-order valence-corrected chi connectivity index (χ2v) is 5.71. The van der Waals surface area contributed by atoms with E-state index in [0.717, 1.165) is 39.2 Å². The second kappa shape index (κ2) is 6.86. The van der Waals surface area contributed by atoms with Crippen molar-refractivity contribution < 1.29 is 4.74 Å². The quantitative estimate of drug-likeness (QED) is 0.903. The lowest BCUT2D eigenvalue weighted by atomic mass is 10.1. The molecule has 0 radical (unpaired) electrons. The summed E-state index contributed by atoms with van der Waals surface area (Å²) in [5.74, 6) is 0.938. The van der Waals surface area contributed by atoms with E-state index in [1.807, 2.05) is 13.1 Å². The number of ether oxygens (including phenoxy) is 1. The van der Waals surface area contributed by atoms with Gasteiger partial charge >= 0.3 is 0 Å². The number of pyridine rings is 1. The van der Waals surface area contributed by atoms with Crippen LogP contribution in [0.15, 0.2) is 34.9 Å². The van der Waals surface area contributed by atoms with Crippen LogP contribution in [0.1, 0.15) is 22.4 Å². The number of hydrogen-bond donors (Lipinski definition) is 1. The van der Waals surface area contributed by atoms with Crippen LogP contribution in [-0.4, -0.2) is 12.0 Å². The summed E-state index contributed by atoms with van der Waals surface area (Å²) in [4.78, 5) is 4.37. The molecule has 0 aliphatic heterocycles. The first-order valence-electron chi connectivity index (χ1n) is 6.58. The van der Waals surface area contributed by atoms with Crippen LogP contribution in [0.3, 0.4) is 0 Å². The molecule has 20 heavy (non-hydrogen) atoms. The van der Waals surface area contributed by atoms with Gasteiger partial charge in [-0.2, -0.15) is 0 Å². The molecule has 0 unspecified atom stereocenters. The number of rotatable bonds is 5. The van der Waals surface area contributed by atoms with Crippen LogP contribution >= 0.6 is 15.9 Å². The van der Waals surface area contributed by atoms with Crippen LogP contribution < -0.4 is 10.1 Å². The lowest BCUT2D eigenvalue weighted by Crippen LogP contribution is -2.09. The lowest BCUT2D eigenvalue weighted by Gasteiger charge is -2.15. The maximum absolute atomic E-state index is 6.02. The molecular formula is C16H19BrN2O. The highest BCUT2D eigenvalue weighted by molar-refractivity contribution is 9.10. The molecule has 0 bridgehead atoms. The molecule has 4 heteroatoms. The average molecular weight is 335 g/mol. The van der Waals surface area contributed by atoms with Gasteiger partial charge in [-0.05, 0) is 50.2 Å². The predicted molar refractivity (Wildman–Crippen MR) is 84.9 cm³/mol. The highest BCUT2D eigenvalue weighted by Crippen LogP contribution is 2.28. The van der Waals surface area contributed by atoms with Crippen LogP contribution in [0.25, 0.3) is 0 Å². The molecule has 0 spiro atoms. The molecule has 3 nitrogen and oxygen atoms in total. The van der Waals surface area contributed by atoms with E-state index in [-0.39, 0.29) is 0 Å². The van der Waals surface area contributed by atoms with Crippen molar-refractivity contribution in [1.29, 1.82) is 0 Å². The first-order valence-corrected chi connectivity index (χ1v) is 7.38. The lowest BCUT2D eigenvalue weighted by molar-refractivity contribution is 0.294. The van der Waals surface area contributed by atoms with E-state index in [0.29, 0.717) is 6.61 Å². The van der Waals surface area contributed by atoms with Crippen molar-refractivity contribution >= 4 is 15.9 Å². The summed E-state index contributed by atoms with van der Waals surface area (Å²) >= 11 is 3.53. The van der Waals surface area contributed by atoms with Crippen LogP contribution in [0, 0.1) is 13.8 Å². The summed E-state index contributed by atoms with van der Waals surface area (Å²) in [6.07, 6.45) is 1.80. The molecule has 0 atom stereocenters. The first-order chi connectivity index (χ1) is 9.61. The van der Waals surface area contributed by atoms with E-state index in [4.69, 9.17) is 4.74 Å². The standard InChI is InChI=1S/C16H19BrN2O/c1-11-5-4-6-19-15(11)10-20-16-12(2)7-14(17)8-13(16)9-18-3/h4-8,18H,9-10H2,1-3H3. The third-order valence-electron chi connectivity index (χ3n) is 3.15. The second-order valence-electron chi connectivity index (χ2n) is 4.80. The summed E-state index contributed by atoms with van der Waals surface area (Å²) in [6.45, 7) is 5.38. The number of aryl methyl sites for hydroxylation is 2. The van der Waals surface area contributed by atoms with Gasteiger partial charge < -0.3 is 10.1 Å². The molecule has 1 aromatic carbocycles. The predicted octanol–water partition coefficient (Wildman–Crippen LogP) is 3.76. The molecule has 1 N–H and O–H groups in total. The van der Waals surface area contributed by atoms with Gasteiger partial charge in [-0.1, -0.05) is 22.0 Å². The zero-order valence-corrected chi connectivity index (χ0v) is 13.6. The molecule has 0 saturated carbocycles. The Hall–Kier alpha value is -1.39. The summed E-state index contributed by atoms with van der Waals surface area (Å²) < 4.78 is 7.09. The van der Waals surface area contributed by atoms with E-state index in [1.54, 1.807) is 6.20 Å². The first kappa shape index (κ1) is 15.0. The van der Waals surface area contributed by atoms with Crippen LogP contribution in [0.5, 0.6) is 5.75 Å². The van der Waals surface area contributed by atoms with Gasteiger partial charge in [0.15, 0.2) is 0 Å². The van der Waals surface area contributed by atoms with Crippen molar-refractivity contribution in [3.05, 3.63) is 57.3 Å². The van der Waals surface area contributed by atoms with Gasteiger partial charge in [0.05, 0.1) is 5.69 Å². The van der Waals surface area contributed by atoms with E-state index >= 15 is 0 Å². The summed E-state index contributed by atoms with van der Waals surface area (Å²) in [5.41, 5.74) is 4.40. The fourth-order valence-corrected chi connectivity index (χ4v) is 2.76. The SMILES string of the molecule is CNCc1cc(Br)cc(C)c1OCc1ncccc1C. The van der Waals surface area contributed by atoms with E-state index in [9.17, 15) is 0 Å². The smallest absolute Gasteiger partial charge is 0.130 e. The van der Waals surface area contributed by atoms with Gasteiger partial charge in [0.1, 0.15) is 12.4 Å². The Morgan fingerprint density at radius 2 is 2.05 bits per heavy atom. The van der Waals surface area contributed by atoms with Gasteiger partial charge in [-0.3, -0.25) is 4.98 Å². The van der Waals surface area contributed by atoms with E-state index < -0.39 is 0 Å². The number of aromatic nitrogens is 1. The number of benzene rings is 1. The Labute approximate surface area is 128 Å². The van der Waals surface area contributed by atoms with Crippen molar-refractivity contribution in [3.8, 4) is 5.75 Å². The van der Waals surface area contributed by atoms with Crippen molar-refractivity contribution in [1.82, 2.24) is 10.3 Å². The summed E-state index contributed by atoms with van der Waals surface area (Å²) in [5, 5.41) is 3.17. The fraction of sp³-hybridized carbons (Fsp3) is 0.312. The molecule has 2 aromatic rings. The molecule has 0 saturated heterocycles. The van der Waals surface area contributed by atoms with Gasteiger partial charge in [-0.25, -0.2) is 0 Å². The Morgan fingerprint density at radius 3 is 2.75 bits per heavy atom. The average Bonchev–Trinajstić information content (AvgIpc) is 2.40. The van der Waals surface area contributed by atoms with Crippen molar-refractivity contribution in [2.45, 2.75) is 27.0 Å². The third kappa shape index (κ3) is 3.58. The Kier molecular flexibility index (Phi) is 5.15. The topological polar surface area (TPSA) is 34.1 Å². The van der Waals surface area contributed by atoms with Gasteiger partial charge in [0.25, 0.3) is 0 Å².